The Morgan fingerprint density at radius 2 is 2.30 bits per heavy atom. The lowest BCUT2D eigenvalue weighted by molar-refractivity contribution is 0.377. The van der Waals surface area contributed by atoms with Crippen molar-refractivity contribution in [3.63, 3.8) is 0 Å². The molecule has 0 aliphatic rings. The molecule has 3 rings (SSSR count). The van der Waals surface area contributed by atoms with E-state index in [1.165, 1.54) is 0 Å². The van der Waals surface area contributed by atoms with E-state index in [0.29, 0.717) is 36.3 Å². The van der Waals surface area contributed by atoms with Crippen LogP contribution in [0.5, 0.6) is 0 Å². The largest absolute Gasteiger partial charge is 0.366 e. The summed E-state index contributed by atoms with van der Waals surface area (Å²) in [6.45, 7) is 2.39. The molecule has 0 spiro atoms. The van der Waals surface area contributed by atoms with Crippen molar-refractivity contribution in [2.45, 2.75) is 13.3 Å². The van der Waals surface area contributed by atoms with Gasteiger partial charge in [0.05, 0.1) is 6.20 Å². The number of nitrogens with zero attached hydrogens (tertiary/aromatic N) is 5. The maximum atomic E-state index is 5.39. The lowest BCUT2D eigenvalue weighted by Crippen LogP contribution is -2.13. The van der Waals surface area contributed by atoms with Gasteiger partial charge in [-0.2, -0.15) is 4.98 Å². The number of nitrogens with one attached hydrogen (secondary N) is 2. The van der Waals surface area contributed by atoms with Gasteiger partial charge in [-0.1, -0.05) is 5.16 Å². The number of hydrogen-bond donors (Lipinski definition) is 3. The molecular formula is C11H14N8O. The fourth-order valence-corrected chi connectivity index (χ4v) is 1.85. The second kappa shape index (κ2) is 5.13. The number of hydrazine groups is 1. The summed E-state index contributed by atoms with van der Waals surface area (Å²) in [5.41, 5.74) is 3.25. The van der Waals surface area contributed by atoms with Crippen LogP contribution in [0.3, 0.4) is 0 Å². The molecule has 20 heavy (non-hydrogen) atoms. The highest BCUT2D eigenvalue weighted by Gasteiger charge is 2.08. The van der Waals surface area contributed by atoms with Gasteiger partial charge in [0.1, 0.15) is 0 Å². The molecule has 0 aromatic carbocycles. The molecule has 104 valence electrons. The van der Waals surface area contributed by atoms with Crippen molar-refractivity contribution < 1.29 is 4.52 Å². The number of nitrogens with two attached hydrogens (primary N) is 1. The number of aryl methyl sites for hydroxylation is 1. The van der Waals surface area contributed by atoms with Crippen LogP contribution in [-0.4, -0.2) is 31.1 Å². The van der Waals surface area contributed by atoms with E-state index >= 15 is 0 Å². The Kier molecular flexibility index (Phi) is 3.17. The van der Waals surface area contributed by atoms with E-state index in [1.807, 2.05) is 10.6 Å². The van der Waals surface area contributed by atoms with Crippen LogP contribution >= 0.6 is 0 Å². The average Bonchev–Trinajstić information content (AvgIpc) is 3.07. The van der Waals surface area contributed by atoms with E-state index in [1.54, 1.807) is 19.3 Å². The van der Waals surface area contributed by atoms with Crippen LogP contribution in [0.1, 0.15) is 11.7 Å². The van der Waals surface area contributed by atoms with Gasteiger partial charge < -0.3 is 19.7 Å². The molecule has 0 aliphatic carbocycles. The molecule has 3 aromatic rings. The van der Waals surface area contributed by atoms with Crippen molar-refractivity contribution in [1.82, 2.24) is 24.5 Å². The molecule has 0 amide bonds. The first-order valence-corrected chi connectivity index (χ1v) is 6.09. The molecule has 4 N–H and O–H groups in total. The molecule has 0 saturated carbocycles. The monoisotopic (exact) mass is 274 g/mol. The predicted molar refractivity (Wildman–Crippen MR) is 72.0 cm³/mol. The van der Waals surface area contributed by atoms with Gasteiger partial charge in [0.2, 0.25) is 5.89 Å². The molecule has 9 nitrogen and oxygen atoms in total. The number of imidazole rings is 1. The van der Waals surface area contributed by atoms with Crippen LogP contribution in [0.15, 0.2) is 23.1 Å². The van der Waals surface area contributed by atoms with Crippen molar-refractivity contribution in [3.8, 4) is 0 Å². The Labute approximate surface area is 114 Å². The summed E-state index contributed by atoms with van der Waals surface area (Å²) in [5, 5.41) is 6.93. The molecule has 0 bridgehead atoms. The summed E-state index contributed by atoms with van der Waals surface area (Å²) < 4.78 is 6.88. The third-order valence-corrected chi connectivity index (χ3v) is 2.72. The standard InChI is InChI=1S/C11H14N8O/c1-7-15-9(20-18-7)2-3-13-10-11-14-4-5-19(11)6-8(16-10)17-12/h4-6,17H,2-3,12H2,1H3,(H,13,16). The Balaban J connectivity index is 1.74. The van der Waals surface area contributed by atoms with Crippen molar-refractivity contribution >= 4 is 17.3 Å². The Bertz CT molecular complexity index is 718. The highest BCUT2D eigenvalue weighted by molar-refractivity contribution is 5.65. The van der Waals surface area contributed by atoms with Gasteiger partial charge in [0.25, 0.3) is 0 Å². The van der Waals surface area contributed by atoms with Crippen molar-refractivity contribution in [1.29, 1.82) is 0 Å². The summed E-state index contributed by atoms with van der Waals surface area (Å²) >= 11 is 0. The van der Waals surface area contributed by atoms with Crippen LogP contribution in [0.25, 0.3) is 5.65 Å². The van der Waals surface area contributed by atoms with Gasteiger partial charge in [-0.3, -0.25) is 0 Å². The van der Waals surface area contributed by atoms with Gasteiger partial charge in [-0.25, -0.2) is 15.8 Å². The minimum atomic E-state index is 0.548. The molecule has 3 aromatic heterocycles. The van der Waals surface area contributed by atoms with Gasteiger partial charge in [0, 0.05) is 25.4 Å². The zero-order valence-corrected chi connectivity index (χ0v) is 10.9. The summed E-state index contributed by atoms with van der Waals surface area (Å²) in [7, 11) is 0. The zero-order chi connectivity index (χ0) is 13.9. The topological polar surface area (TPSA) is 119 Å². The minimum absolute atomic E-state index is 0.548. The average molecular weight is 274 g/mol. The molecule has 0 saturated heterocycles. The first kappa shape index (κ1) is 12.4. The summed E-state index contributed by atoms with van der Waals surface area (Å²) in [6.07, 6.45) is 5.89. The molecule has 0 aliphatic heterocycles. The van der Waals surface area contributed by atoms with Gasteiger partial charge >= 0.3 is 0 Å². The summed E-state index contributed by atoms with van der Waals surface area (Å²) in [5.74, 6) is 7.80. The van der Waals surface area contributed by atoms with Crippen LogP contribution in [0.2, 0.25) is 0 Å². The van der Waals surface area contributed by atoms with E-state index in [9.17, 15) is 0 Å². The molecule has 0 fully saturated rings. The van der Waals surface area contributed by atoms with Crippen LogP contribution in [0.4, 0.5) is 11.6 Å². The fourth-order valence-electron chi connectivity index (χ4n) is 1.85. The van der Waals surface area contributed by atoms with Gasteiger partial charge in [0.15, 0.2) is 23.1 Å². The first-order chi connectivity index (χ1) is 9.76. The number of hydrogen-bond acceptors (Lipinski definition) is 8. The fraction of sp³-hybridized carbons (Fsp3) is 0.273. The lowest BCUT2D eigenvalue weighted by Gasteiger charge is -2.08. The number of fused-ring (bicyclic) bond motifs is 1. The number of rotatable bonds is 5. The molecule has 0 radical (unpaired) electrons. The highest BCUT2D eigenvalue weighted by Crippen LogP contribution is 2.15. The maximum Gasteiger partial charge on any atom is 0.228 e. The number of aromatic nitrogens is 5. The normalized spacial score (nSPS) is 10.9. The number of anilines is 2. The van der Waals surface area contributed by atoms with E-state index in [4.69, 9.17) is 10.4 Å². The smallest absolute Gasteiger partial charge is 0.228 e. The van der Waals surface area contributed by atoms with Crippen LogP contribution in [0, 0.1) is 6.92 Å². The summed E-state index contributed by atoms with van der Waals surface area (Å²) in [6, 6.07) is 0. The van der Waals surface area contributed by atoms with E-state index in [0.717, 1.165) is 5.65 Å². The Hall–Kier alpha value is -2.68. The Morgan fingerprint density at radius 3 is 3.05 bits per heavy atom. The maximum absolute atomic E-state index is 5.39. The van der Waals surface area contributed by atoms with Gasteiger partial charge in [-0.15, -0.1) is 0 Å². The first-order valence-electron chi connectivity index (χ1n) is 6.09. The minimum Gasteiger partial charge on any atom is -0.366 e. The number of nitrogen functional groups attached to an aromatic ring is 1. The van der Waals surface area contributed by atoms with Crippen molar-refractivity contribution in [3.05, 3.63) is 30.3 Å². The zero-order valence-electron chi connectivity index (χ0n) is 10.9. The molecule has 0 unspecified atom stereocenters. The lowest BCUT2D eigenvalue weighted by atomic mass is 10.4. The Morgan fingerprint density at radius 1 is 1.40 bits per heavy atom. The SMILES string of the molecule is Cc1noc(CCNc2nc(NN)cn3ccnc23)n1. The van der Waals surface area contributed by atoms with Crippen LogP contribution in [-0.2, 0) is 6.42 Å². The highest BCUT2D eigenvalue weighted by atomic mass is 16.5. The second-order valence-electron chi connectivity index (χ2n) is 4.19. The predicted octanol–water partition coefficient (Wildman–Crippen LogP) is 0.361. The molecule has 9 heteroatoms. The summed E-state index contributed by atoms with van der Waals surface area (Å²) in [4.78, 5) is 12.7. The van der Waals surface area contributed by atoms with Crippen LogP contribution < -0.4 is 16.6 Å². The molecular weight excluding hydrogens is 260 g/mol. The second-order valence-corrected chi connectivity index (χ2v) is 4.19. The van der Waals surface area contributed by atoms with E-state index in [2.05, 4.69) is 30.9 Å². The quantitative estimate of drug-likeness (QED) is 0.450. The third kappa shape index (κ3) is 2.38. The van der Waals surface area contributed by atoms with Crippen molar-refractivity contribution in [2.24, 2.45) is 5.84 Å². The van der Waals surface area contributed by atoms with E-state index < -0.39 is 0 Å². The molecule has 3 heterocycles. The molecule has 0 atom stereocenters. The van der Waals surface area contributed by atoms with Gasteiger partial charge in [-0.05, 0) is 6.92 Å². The third-order valence-electron chi connectivity index (χ3n) is 2.72. The van der Waals surface area contributed by atoms with E-state index in [-0.39, 0.29) is 0 Å². The van der Waals surface area contributed by atoms with Crippen molar-refractivity contribution in [2.75, 3.05) is 17.3 Å².